The summed E-state index contributed by atoms with van der Waals surface area (Å²) in [4.78, 5) is 0. The highest BCUT2D eigenvalue weighted by atomic mass is 14.9. The first-order valence-electron chi connectivity index (χ1n) is 13.2. The first-order chi connectivity index (χ1) is 18.6. The second-order valence-corrected chi connectivity index (χ2v) is 10.3. The monoisotopic (exact) mass is 486 g/mol. The molecule has 1 aromatic heterocycles. The molecule has 1 heteroatoms. The molecule has 0 fully saturated rings. The second kappa shape index (κ2) is 8.97. The van der Waals surface area contributed by atoms with Crippen LogP contribution in [0.4, 0.5) is 0 Å². The lowest BCUT2D eigenvalue weighted by atomic mass is 10.0. The smallest absolute Gasteiger partial charge is 0.201 e. The minimum atomic E-state index is 1.21. The van der Waals surface area contributed by atoms with E-state index in [2.05, 4.69) is 152 Å². The lowest BCUT2D eigenvalue weighted by Crippen LogP contribution is -2.27. The summed E-state index contributed by atoms with van der Waals surface area (Å²) in [7, 11) is 2.13. The maximum Gasteiger partial charge on any atom is 0.213 e. The van der Waals surface area contributed by atoms with Gasteiger partial charge in [-0.1, -0.05) is 84.9 Å². The van der Waals surface area contributed by atoms with E-state index in [1.165, 1.54) is 70.3 Å². The summed E-state index contributed by atoms with van der Waals surface area (Å²) in [5.74, 6) is 0. The molecular formula is C37H28N+. The number of benzene rings is 5. The van der Waals surface area contributed by atoms with Crippen molar-refractivity contribution in [3.63, 3.8) is 0 Å². The van der Waals surface area contributed by atoms with E-state index in [4.69, 9.17) is 0 Å². The molecule has 12 bridgehead atoms. The van der Waals surface area contributed by atoms with Crippen molar-refractivity contribution < 1.29 is 4.57 Å². The number of aryl methyl sites for hydroxylation is 2. The highest BCUT2D eigenvalue weighted by Crippen LogP contribution is 2.26. The van der Waals surface area contributed by atoms with Crippen LogP contribution in [-0.4, -0.2) is 0 Å². The fourth-order valence-corrected chi connectivity index (χ4v) is 5.61. The van der Waals surface area contributed by atoms with E-state index in [-0.39, 0.29) is 0 Å². The molecule has 0 unspecified atom stereocenters. The summed E-state index contributed by atoms with van der Waals surface area (Å²) in [6.07, 6.45) is 2.18. The van der Waals surface area contributed by atoms with Crippen molar-refractivity contribution in [2.24, 2.45) is 7.05 Å². The quantitative estimate of drug-likeness (QED) is 0.188. The van der Waals surface area contributed by atoms with E-state index >= 15 is 0 Å². The van der Waals surface area contributed by atoms with Crippen molar-refractivity contribution in [2.75, 3.05) is 0 Å². The Kier molecular flexibility index (Phi) is 5.30. The van der Waals surface area contributed by atoms with Crippen LogP contribution in [0.5, 0.6) is 0 Å². The number of hydrogen-bond donors (Lipinski definition) is 0. The summed E-state index contributed by atoms with van der Waals surface area (Å²) < 4.78 is 2.23. The van der Waals surface area contributed by atoms with E-state index < -0.39 is 0 Å². The third-order valence-corrected chi connectivity index (χ3v) is 7.78. The largest absolute Gasteiger partial charge is 0.213 e. The standard InChI is InChI=1S/C37H28N/c1-25-15-16-34-23-36(25)37-24-35(17-18-38(37)2)33-14-6-12-31(22-33)29-10-4-8-27(20-29)26-7-3-9-28(19-26)30-11-5-13-32(34)21-30/h3-24H,1-2H3/q+1. The molecule has 180 valence electrons. The normalized spacial score (nSPS) is 11.4. The number of fused-ring (bicyclic) bond motifs is 18. The maximum atomic E-state index is 2.34. The molecule has 6 aromatic carbocycles. The van der Waals surface area contributed by atoms with Gasteiger partial charge in [0, 0.05) is 17.5 Å². The summed E-state index contributed by atoms with van der Waals surface area (Å²) in [5, 5.41) is 13.5. The van der Waals surface area contributed by atoms with Gasteiger partial charge in [0.05, 0.1) is 0 Å². The number of pyridine rings is 1. The zero-order chi connectivity index (χ0) is 25.6. The zero-order valence-electron chi connectivity index (χ0n) is 21.6. The van der Waals surface area contributed by atoms with Crippen molar-refractivity contribution in [3.8, 4) is 0 Å². The molecule has 0 spiro atoms. The van der Waals surface area contributed by atoms with E-state index in [1.807, 2.05) is 0 Å². The molecule has 0 aliphatic rings. The van der Waals surface area contributed by atoms with Gasteiger partial charge in [0.1, 0.15) is 7.05 Å². The Labute approximate surface area is 222 Å². The summed E-state index contributed by atoms with van der Waals surface area (Å²) in [6.45, 7) is 2.20. The predicted molar refractivity (Wildman–Crippen MR) is 164 cm³/mol. The van der Waals surface area contributed by atoms with Crippen molar-refractivity contribution in [1.29, 1.82) is 0 Å². The number of nitrogens with zero attached hydrogens (tertiary/aromatic N) is 1. The second-order valence-electron chi connectivity index (χ2n) is 10.3. The van der Waals surface area contributed by atoms with Crippen LogP contribution in [0.2, 0.25) is 0 Å². The Morgan fingerprint density at radius 2 is 0.763 bits per heavy atom. The first-order valence-corrected chi connectivity index (χ1v) is 13.2. The van der Waals surface area contributed by atoms with E-state index in [0.717, 1.165) is 0 Å². The molecule has 0 radical (unpaired) electrons. The molecule has 0 aliphatic heterocycles. The van der Waals surface area contributed by atoms with Crippen molar-refractivity contribution in [3.05, 3.63) is 139 Å². The molecule has 1 nitrogen and oxygen atoms in total. The van der Waals surface area contributed by atoms with Crippen LogP contribution in [0.25, 0.3) is 64.8 Å². The first kappa shape index (κ1) is 22.4. The Hall–Kier alpha value is -4.75. The van der Waals surface area contributed by atoms with Crippen LogP contribution in [0.15, 0.2) is 134 Å². The molecule has 0 atom stereocenters. The van der Waals surface area contributed by atoms with Crippen LogP contribution >= 0.6 is 0 Å². The maximum absolute atomic E-state index is 2.34. The average Bonchev–Trinajstić information content (AvgIpc) is 2.98. The van der Waals surface area contributed by atoms with Crippen LogP contribution in [-0.2, 0) is 7.05 Å². The SMILES string of the molecule is Cc1ccc2cc1c1cc(cc[n+]1C)c1cccc(c1)c1cccc(c1)c1cccc(c1)c1cccc2c1. The third kappa shape index (κ3) is 3.93. The van der Waals surface area contributed by atoms with Gasteiger partial charge in [-0.2, -0.15) is 0 Å². The molecule has 0 N–H and O–H groups in total. The average molecular weight is 487 g/mol. The van der Waals surface area contributed by atoms with Gasteiger partial charge in [-0.25, -0.2) is 4.57 Å². The fourth-order valence-electron chi connectivity index (χ4n) is 5.61. The Balaban J connectivity index is 1.74. The van der Waals surface area contributed by atoms with Crippen molar-refractivity contribution >= 4 is 64.8 Å². The number of rotatable bonds is 0. The Morgan fingerprint density at radius 3 is 1.18 bits per heavy atom. The third-order valence-electron chi connectivity index (χ3n) is 7.78. The molecule has 38 heavy (non-hydrogen) atoms. The Morgan fingerprint density at radius 1 is 0.395 bits per heavy atom. The molecule has 0 aliphatic carbocycles. The summed E-state index contributed by atoms with van der Waals surface area (Å²) in [5.41, 5.74) is 2.48. The zero-order valence-corrected chi connectivity index (χ0v) is 21.6. The van der Waals surface area contributed by atoms with Crippen LogP contribution in [0.1, 0.15) is 5.56 Å². The summed E-state index contributed by atoms with van der Waals surface area (Å²) in [6, 6.07) is 47.0. The summed E-state index contributed by atoms with van der Waals surface area (Å²) >= 11 is 0. The molecular weight excluding hydrogens is 458 g/mol. The predicted octanol–water partition coefficient (Wildman–Crippen LogP) is 9.43. The molecule has 0 saturated carbocycles. The molecule has 7 aromatic rings. The van der Waals surface area contributed by atoms with E-state index in [1.54, 1.807) is 0 Å². The van der Waals surface area contributed by atoms with Gasteiger partial charge in [0.25, 0.3) is 0 Å². The highest BCUT2D eigenvalue weighted by Gasteiger charge is 2.07. The van der Waals surface area contributed by atoms with Gasteiger partial charge in [-0.15, -0.1) is 0 Å². The highest BCUT2D eigenvalue weighted by molar-refractivity contribution is 6.00. The molecule has 0 amide bonds. The van der Waals surface area contributed by atoms with Crippen LogP contribution in [0, 0.1) is 6.92 Å². The van der Waals surface area contributed by atoms with Gasteiger partial charge in [-0.05, 0) is 96.7 Å². The van der Waals surface area contributed by atoms with E-state index in [9.17, 15) is 0 Å². The molecule has 0 saturated heterocycles. The van der Waals surface area contributed by atoms with Crippen LogP contribution in [0.3, 0.4) is 0 Å². The van der Waals surface area contributed by atoms with Gasteiger partial charge in [0.2, 0.25) is 5.52 Å². The van der Waals surface area contributed by atoms with Crippen molar-refractivity contribution in [2.45, 2.75) is 6.92 Å². The van der Waals surface area contributed by atoms with Gasteiger partial charge < -0.3 is 0 Å². The number of aromatic nitrogens is 1. The lowest BCUT2D eigenvalue weighted by Gasteiger charge is -2.03. The molecule has 1 heterocycles. The van der Waals surface area contributed by atoms with Gasteiger partial charge in [-0.3, -0.25) is 0 Å². The van der Waals surface area contributed by atoms with Crippen molar-refractivity contribution in [1.82, 2.24) is 0 Å². The number of hydrogen-bond acceptors (Lipinski definition) is 0. The van der Waals surface area contributed by atoms with Gasteiger partial charge in [0.15, 0.2) is 6.20 Å². The van der Waals surface area contributed by atoms with Crippen LogP contribution < -0.4 is 4.57 Å². The van der Waals surface area contributed by atoms with E-state index in [0.29, 0.717) is 0 Å². The Bertz CT molecular complexity index is 2000. The molecule has 7 rings (SSSR count). The lowest BCUT2D eigenvalue weighted by molar-refractivity contribution is -0.644. The minimum absolute atomic E-state index is 1.21. The topological polar surface area (TPSA) is 3.88 Å². The minimum Gasteiger partial charge on any atom is -0.201 e. The van der Waals surface area contributed by atoms with Gasteiger partial charge >= 0.3 is 0 Å². The fraction of sp³-hybridized carbons (Fsp3) is 0.0541.